The van der Waals surface area contributed by atoms with Gasteiger partial charge in [0.05, 0.1) is 15.9 Å². The average molecular weight is 430 g/mol. The van der Waals surface area contributed by atoms with Gasteiger partial charge in [-0.1, -0.05) is 24.3 Å². The van der Waals surface area contributed by atoms with Crippen LogP contribution in [0.1, 0.15) is 36.3 Å². The second-order valence-electron chi connectivity index (χ2n) is 7.63. The lowest BCUT2D eigenvalue weighted by Gasteiger charge is -2.36. The van der Waals surface area contributed by atoms with Crippen LogP contribution in [0.25, 0.3) is 6.08 Å². The van der Waals surface area contributed by atoms with Crippen LogP contribution in [-0.2, 0) is 4.74 Å². The predicted molar refractivity (Wildman–Crippen MR) is 116 cm³/mol. The van der Waals surface area contributed by atoms with Gasteiger partial charge in [0.15, 0.2) is 0 Å². The molecule has 0 fully saturated rings. The third-order valence-corrected chi connectivity index (χ3v) is 5.68. The Labute approximate surface area is 183 Å². The van der Waals surface area contributed by atoms with E-state index in [2.05, 4.69) is 6.07 Å². The van der Waals surface area contributed by atoms with Crippen molar-refractivity contribution in [2.45, 2.75) is 25.2 Å². The number of rotatable bonds is 4. The van der Waals surface area contributed by atoms with Gasteiger partial charge in [0.1, 0.15) is 11.7 Å². The van der Waals surface area contributed by atoms with Crippen molar-refractivity contribution in [3.63, 3.8) is 0 Å². The molecule has 0 saturated heterocycles. The Bertz CT molecular complexity index is 1240. The Morgan fingerprint density at radius 2 is 1.75 bits per heavy atom. The molecule has 0 saturated carbocycles. The summed E-state index contributed by atoms with van der Waals surface area (Å²) in [7, 11) is 0. The first kappa shape index (κ1) is 20.9. The fourth-order valence-corrected chi connectivity index (χ4v) is 4.28. The van der Waals surface area contributed by atoms with Gasteiger partial charge in [0, 0.05) is 30.2 Å². The number of nitro groups is 2. The molecule has 1 heterocycles. The molecule has 0 aromatic heterocycles. The van der Waals surface area contributed by atoms with Gasteiger partial charge in [-0.25, -0.2) is 0 Å². The summed E-state index contributed by atoms with van der Waals surface area (Å²) in [5, 5.41) is 40.4. The average Bonchev–Trinajstić information content (AvgIpc) is 2.79. The van der Waals surface area contributed by atoms with Crippen LogP contribution in [0.15, 0.2) is 65.4 Å². The number of hydrogen-bond acceptors (Lipinski definition) is 7. The quantitative estimate of drug-likeness (QED) is 0.518. The molecule has 0 amide bonds. The van der Waals surface area contributed by atoms with Crippen LogP contribution >= 0.6 is 0 Å². The van der Waals surface area contributed by atoms with Gasteiger partial charge in [0.2, 0.25) is 5.90 Å². The van der Waals surface area contributed by atoms with Crippen molar-refractivity contribution in [2.24, 2.45) is 5.92 Å². The monoisotopic (exact) mass is 430 g/mol. The Balaban J connectivity index is 1.83. The van der Waals surface area contributed by atoms with Crippen LogP contribution in [0, 0.1) is 42.9 Å². The van der Waals surface area contributed by atoms with E-state index in [4.69, 9.17) is 10.1 Å². The summed E-state index contributed by atoms with van der Waals surface area (Å²) in [4.78, 5) is 21.4. The molecule has 0 bridgehead atoms. The van der Waals surface area contributed by atoms with Crippen molar-refractivity contribution < 1.29 is 14.6 Å². The minimum atomic E-state index is -0.895. The largest absolute Gasteiger partial charge is 0.442 e. The summed E-state index contributed by atoms with van der Waals surface area (Å²) < 4.78 is 5.79. The van der Waals surface area contributed by atoms with E-state index in [0.29, 0.717) is 29.7 Å². The van der Waals surface area contributed by atoms with Crippen LogP contribution in [0.4, 0.5) is 11.4 Å². The summed E-state index contributed by atoms with van der Waals surface area (Å²) in [5.41, 5.74) is 2.71. The van der Waals surface area contributed by atoms with Gasteiger partial charge in [-0.15, -0.1) is 0 Å². The van der Waals surface area contributed by atoms with Crippen LogP contribution in [0.2, 0.25) is 0 Å². The standard InChI is InChI=1S/C23H18N4O5/c24-13-20-21(15-5-2-8-18(12-15)27(30)31)19-9-3-6-16(22(19)32-23(20)25)10-14-4-1-7-17(11-14)26(28)29/h1-2,4-5,7-8,10-12,20-21,25H,3,6,9H2. The number of benzene rings is 2. The van der Waals surface area contributed by atoms with E-state index < -0.39 is 21.7 Å². The summed E-state index contributed by atoms with van der Waals surface area (Å²) >= 11 is 0. The minimum absolute atomic E-state index is 0.0271. The van der Waals surface area contributed by atoms with Crippen LogP contribution in [-0.4, -0.2) is 15.7 Å². The zero-order valence-corrected chi connectivity index (χ0v) is 16.9. The molecule has 2 aromatic carbocycles. The maximum Gasteiger partial charge on any atom is 0.270 e. The Morgan fingerprint density at radius 3 is 2.44 bits per heavy atom. The minimum Gasteiger partial charge on any atom is -0.442 e. The number of nitro benzene ring substituents is 2. The molecule has 2 aliphatic rings. The molecule has 1 aliphatic heterocycles. The summed E-state index contributed by atoms with van der Waals surface area (Å²) in [6, 6.07) is 14.5. The zero-order chi connectivity index (χ0) is 22.8. The number of hydrogen-bond donors (Lipinski definition) is 1. The van der Waals surface area contributed by atoms with Gasteiger partial charge in [0.25, 0.3) is 11.4 Å². The van der Waals surface area contributed by atoms with E-state index in [0.717, 1.165) is 17.6 Å². The van der Waals surface area contributed by atoms with Crippen molar-refractivity contribution in [2.75, 3.05) is 0 Å². The van der Waals surface area contributed by atoms with E-state index in [1.165, 1.54) is 24.3 Å². The van der Waals surface area contributed by atoms with Gasteiger partial charge in [-0.05, 0) is 47.6 Å². The van der Waals surface area contributed by atoms with Crippen molar-refractivity contribution in [3.8, 4) is 6.07 Å². The molecule has 2 aromatic rings. The van der Waals surface area contributed by atoms with Crippen LogP contribution in [0.5, 0.6) is 0 Å². The first-order valence-corrected chi connectivity index (χ1v) is 9.97. The third-order valence-electron chi connectivity index (χ3n) is 5.68. The molecule has 2 unspecified atom stereocenters. The number of nitrogens with zero attached hydrogens (tertiary/aromatic N) is 3. The van der Waals surface area contributed by atoms with Gasteiger partial charge in [-0.2, -0.15) is 5.26 Å². The van der Waals surface area contributed by atoms with E-state index in [1.54, 1.807) is 30.3 Å². The third kappa shape index (κ3) is 3.86. The molecule has 32 heavy (non-hydrogen) atoms. The lowest BCUT2D eigenvalue weighted by atomic mass is 9.73. The van der Waals surface area contributed by atoms with Crippen LogP contribution < -0.4 is 0 Å². The van der Waals surface area contributed by atoms with Crippen molar-refractivity contribution in [1.82, 2.24) is 0 Å². The molecule has 160 valence electrons. The highest BCUT2D eigenvalue weighted by atomic mass is 16.6. The first-order chi connectivity index (χ1) is 15.4. The van der Waals surface area contributed by atoms with Crippen molar-refractivity contribution in [3.05, 3.63) is 96.8 Å². The summed E-state index contributed by atoms with van der Waals surface area (Å²) in [5.74, 6) is -1.16. The normalized spacial score (nSPS) is 21.5. The smallest absolute Gasteiger partial charge is 0.270 e. The van der Waals surface area contributed by atoms with E-state index in [9.17, 15) is 25.5 Å². The molecule has 2 atom stereocenters. The molecule has 1 aliphatic carbocycles. The predicted octanol–water partition coefficient (Wildman–Crippen LogP) is 5.26. The lowest BCUT2D eigenvalue weighted by Crippen LogP contribution is -2.32. The highest BCUT2D eigenvalue weighted by molar-refractivity contribution is 5.84. The van der Waals surface area contributed by atoms with Crippen molar-refractivity contribution in [1.29, 1.82) is 10.7 Å². The summed E-state index contributed by atoms with van der Waals surface area (Å²) in [6.07, 6.45) is 3.83. The highest BCUT2D eigenvalue weighted by Crippen LogP contribution is 2.47. The van der Waals surface area contributed by atoms with Crippen molar-refractivity contribution >= 4 is 23.3 Å². The topological polar surface area (TPSA) is 143 Å². The number of non-ortho nitro benzene ring substituents is 2. The maximum absolute atomic E-state index is 11.3. The fraction of sp³-hybridized carbons (Fsp3) is 0.217. The first-order valence-electron chi connectivity index (χ1n) is 9.97. The second-order valence-corrected chi connectivity index (χ2v) is 7.63. The van der Waals surface area contributed by atoms with Crippen LogP contribution in [0.3, 0.4) is 0 Å². The molecule has 1 N–H and O–H groups in total. The van der Waals surface area contributed by atoms with Gasteiger partial charge >= 0.3 is 0 Å². The number of nitrogens with one attached hydrogen (secondary N) is 1. The Hall–Kier alpha value is -4.32. The molecular weight excluding hydrogens is 412 g/mol. The molecule has 9 heteroatoms. The van der Waals surface area contributed by atoms with Gasteiger partial charge < -0.3 is 4.74 Å². The molecule has 4 rings (SSSR count). The van der Waals surface area contributed by atoms with E-state index >= 15 is 0 Å². The molecule has 9 nitrogen and oxygen atoms in total. The Morgan fingerprint density at radius 1 is 1.06 bits per heavy atom. The fourth-order valence-electron chi connectivity index (χ4n) is 4.28. The van der Waals surface area contributed by atoms with E-state index in [-0.39, 0.29) is 17.3 Å². The highest BCUT2D eigenvalue weighted by Gasteiger charge is 2.40. The second kappa shape index (κ2) is 8.43. The number of ether oxygens (including phenoxy) is 1. The zero-order valence-electron chi connectivity index (χ0n) is 16.9. The lowest BCUT2D eigenvalue weighted by molar-refractivity contribution is -0.385. The maximum atomic E-state index is 11.3. The van der Waals surface area contributed by atoms with Gasteiger partial charge in [-0.3, -0.25) is 25.6 Å². The number of allylic oxidation sites excluding steroid dienone is 2. The summed E-state index contributed by atoms with van der Waals surface area (Å²) in [6.45, 7) is 0. The molecular formula is C23H18N4O5. The number of nitriles is 1. The molecule has 0 spiro atoms. The molecule has 0 radical (unpaired) electrons. The Kier molecular flexibility index (Phi) is 5.52. The SMILES string of the molecule is N#CC1C(=N)OC2=C(CCCC2=Cc2cccc([N+](=O)[O-])c2)C1c1cccc([N+](=O)[O-])c1. The van der Waals surface area contributed by atoms with E-state index in [1.807, 2.05) is 0 Å².